The van der Waals surface area contributed by atoms with Gasteiger partial charge in [-0.1, -0.05) is 0 Å². The van der Waals surface area contributed by atoms with Crippen molar-refractivity contribution in [3.63, 3.8) is 0 Å². The van der Waals surface area contributed by atoms with Crippen LogP contribution in [0.3, 0.4) is 0 Å². The first kappa shape index (κ1) is 14.5. The standard InChI is InChI=1S/C14H19N3O3/c1-16-8-4-5-10(9-16)17(2)13(18)12-11(14(19)20)6-3-7-15-12/h3,6-7,10H,4-5,8-9H2,1-2H3,(H,19,20). The highest BCUT2D eigenvalue weighted by molar-refractivity contribution is 6.03. The minimum Gasteiger partial charge on any atom is -0.478 e. The largest absolute Gasteiger partial charge is 0.478 e. The molecule has 1 aliphatic heterocycles. The highest BCUT2D eigenvalue weighted by atomic mass is 16.4. The van der Waals surface area contributed by atoms with E-state index in [1.807, 2.05) is 7.05 Å². The van der Waals surface area contributed by atoms with Crippen molar-refractivity contribution in [1.82, 2.24) is 14.8 Å². The smallest absolute Gasteiger partial charge is 0.338 e. The summed E-state index contributed by atoms with van der Waals surface area (Å²) in [7, 11) is 3.74. The van der Waals surface area contributed by atoms with Crippen molar-refractivity contribution in [2.45, 2.75) is 18.9 Å². The molecule has 0 radical (unpaired) electrons. The van der Waals surface area contributed by atoms with Crippen molar-refractivity contribution in [3.8, 4) is 0 Å². The van der Waals surface area contributed by atoms with Crippen LogP contribution in [0.5, 0.6) is 0 Å². The quantitative estimate of drug-likeness (QED) is 0.890. The number of carbonyl (C=O) groups is 2. The van der Waals surface area contributed by atoms with Gasteiger partial charge < -0.3 is 14.9 Å². The number of pyridine rings is 1. The van der Waals surface area contributed by atoms with Gasteiger partial charge in [-0.25, -0.2) is 4.79 Å². The molecule has 0 spiro atoms. The number of piperidine rings is 1. The van der Waals surface area contributed by atoms with E-state index in [4.69, 9.17) is 5.11 Å². The number of rotatable bonds is 3. The van der Waals surface area contributed by atoms with Gasteiger partial charge in [0.15, 0.2) is 0 Å². The van der Waals surface area contributed by atoms with E-state index in [2.05, 4.69) is 9.88 Å². The Morgan fingerprint density at radius 3 is 2.90 bits per heavy atom. The Labute approximate surface area is 118 Å². The number of aromatic carboxylic acids is 1. The lowest BCUT2D eigenvalue weighted by Crippen LogP contribution is -2.47. The van der Waals surface area contributed by atoms with E-state index in [1.165, 1.54) is 18.3 Å². The van der Waals surface area contributed by atoms with E-state index in [1.54, 1.807) is 11.9 Å². The molecule has 1 aromatic heterocycles. The molecular formula is C14H19N3O3. The lowest BCUT2D eigenvalue weighted by atomic mass is 10.0. The van der Waals surface area contributed by atoms with Crippen molar-refractivity contribution in [1.29, 1.82) is 0 Å². The maximum atomic E-state index is 12.5. The maximum absolute atomic E-state index is 12.5. The fourth-order valence-electron chi connectivity index (χ4n) is 2.54. The minimum atomic E-state index is -1.13. The van der Waals surface area contributed by atoms with E-state index in [-0.39, 0.29) is 23.2 Å². The first-order valence-corrected chi connectivity index (χ1v) is 6.64. The first-order chi connectivity index (χ1) is 9.50. The highest BCUT2D eigenvalue weighted by Crippen LogP contribution is 2.16. The number of nitrogens with zero attached hydrogens (tertiary/aromatic N) is 3. The maximum Gasteiger partial charge on any atom is 0.338 e. The van der Waals surface area contributed by atoms with Gasteiger partial charge >= 0.3 is 5.97 Å². The molecule has 1 fully saturated rings. The summed E-state index contributed by atoms with van der Waals surface area (Å²) >= 11 is 0. The van der Waals surface area contributed by atoms with Crippen LogP contribution in [0.2, 0.25) is 0 Å². The van der Waals surface area contributed by atoms with Crippen molar-refractivity contribution in [2.24, 2.45) is 0 Å². The van der Waals surface area contributed by atoms with Crippen LogP contribution in [0.1, 0.15) is 33.7 Å². The van der Waals surface area contributed by atoms with Gasteiger partial charge in [0.2, 0.25) is 0 Å². The third kappa shape index (κ3) is 2.96. The normalized spacial score (nSPS) is 19.6. The number of aromatic nitrogens is 1. The molecule has 1 unspecified atom stereocenters. The van der Waals surface area contributed by atoms with Gasteiger partial charge in [0, 0.05) is 25.8 Å². The van der Waals surface area contributed by atoms with E-state index in [0.717, 1.165) is 25.9 Å². The molecule has 0 saturated carbocycles. The predicted octanol–water partition coefficient (Wildman–Crippen LogP) is 0.946. The molecule has 1 aromatic rings. The van der Waals surface area contributed by atoms with Crippen LogP contribution in [0, 0.1) is 0 Å². The molecule has 1 amide bonds. The summed E-state index contributed by atoms with van der Waals surface area (Å²) in [5.41, 5.74) is -0.0377. The van der Waals surface area contributed by atoms with Gasteiger partial charge in [-0.15, -0.1) is 0 Å². The van der Waals surface area contributed by atoms with Crippen molar-refractivity contribution in [2.75, 3.05) is 27.2 Å². The fourth-order valence-corrected chi connectivity index (χ4v) is 2.54. The van der Waals surface area contributed by atoms with Crippen molar-refractivity contribution < 1.29 is 14.7 Å². The molecule has 0 aromatic carbocycles. The Balaban J connectivity index is 2.20. The van der Waals surface area contributed by atoms with Gasteiger partial charge in [0.25, 0.3) is 5.91 Å². The summed E-state index contributed by atoms with van der Waals surface area (Å²) in [6.07, 6.45) is 3.41. The SMILES string of the molecule is CN1CCCC(N(C)C(=O)c2ncccc2C(=O)O)C1. The molecule has 1 N–H and O–H groups in total. The zero-order chi connectivity index (χ0) is 14.7. The topological polar surface area (TPSA) is 73.7 Å². The molecule has 6 nitrogen and oxygen atoms in total. The van der Waals surface area contributed by atoms with Crippen LogP contribution in [0.4, 0.5) is 0 Å². The number of hydrogen-bond donors (Lipinski definition) is 1. The fraction of sp³-hybridized carbons (Fsp3) is 0.500. The molecule has 108 valence electrons. The van der Waals surface area contributed by atoms with Crippen LogP contribution in [-0.2, 0) is 0 Å². The summed E-state index contributed by atoms with van der Waals surface area (Å²) in [4.78, 5) is 31.4. The Kier molecular flexibility index (Phi) is 4.34. The number of likely N-dealkylation sites (tertiary alicyclic amines) is 1. The summed E-state index contributed by atoms with van der Waals surface area (Å²) in [5.74, 6) is -1.46. The van der Waals surface area contributed by atoms with Crippen LogP contribution in [0.15, 0.2) is 18.3 Å². The number of carbonyl (C=O) groups excluding carboxylic acids is 1. The van der Waals surface area contributed by atoms with Gasteiger partial charge in [0.1, 0.15) is 5.69 Å². The zero-order valence-electron chi connectivity index (χ0n) is 11.7. The average molecular weight is 277 g/mol. The second-order valence-electron chi connectivity index (χ2n) is 5.18. The van der Waals surface area contributed by atoms with E-state index in [9.17, 15) is 9.59 Å². The van der Waals surface area contributed by atoms with Crippen LogP contribution in [0.25, 0.3) is 0 Å². The number of carboxylic acids is 1. The van der Waals surface area contributed by atoms with Crippen LogP contribution >= 0.6 is 0 Å². The van der Waals surface area contributed by atoms with E-state index >= 15 is 0 Å². The van der Waals surface area contributed by atoms with Gasteiger partial charge in [-0.05, 0) is 38.6 Å². The molecule has 0 aliphatic carbocycles. The predicted molar refractivity (Wildman–Crippen MR) is 73.8 cm³/mol. The van der Waals surface area contributed by atoms with Gasteiger partial charge in [-0.3, -0.25) is 9.78 Å². The molecular weight excluding hydrogens is 258 g/mol. The Bertz CT molecular complexity index is 518. The van der Waals surface area contributed by atoms with Crippen molar-refractivity contribution in [3.05, 3.63) is 29.6 Å². The Morgan fingerprint density at radius 2 is 2.25 bits per heavy atom. The molecule has 1 atom stereocenters. The van der Waals surface area contributed by atoms with E-state index < -0.39 is 5.97 Å². The summed E-state index contributed by atoms with van der Waals surface area (Å²) in [6.45, 7) is 1.83. The lowest BCUT2D eigenvalue weighted by Gasteiger charge is -2.35. The molecule has 1 saturated heterocycles. The number of likely N-dealkylation sites (N-methyl/N-ethyl adjacent to an activating group) is 2. The Hall–Kier alpha value is -1.95. The van der Waals surface area contributed by atoms with Gasteiger partial charge in [0.05, 0.1) is 5.56 Å². The summed E-state index contributed by atoms with van der Waals surface area (Å²) in [5, 5.41) is 9.13. The van der Waals surface area contributed by atoms with Crippen molar-refractivity contribution >= 4 is 11.9 Å². The number of carboxylic acid groups (broad SMARTS) is 1. The minimum absolute atomic E-state index is 0.00993. The second kappa shape index (κ2) is 6.00. The van der Waals surface area contributed by atoms with Crippen LogP contribution in [-0.4, -0.2) is 65.0 Å². The molecule has 2 rings (SSSR count). The second-order valence-corrected chi connectivity index (χ2v) is 5.18. The molecule has 1 aliphatic rings. The highest BCUT2D eigenvalue weighted by Gasteiger charge is 2.28. The summed E-state index contributed by atoms with van der Waals surface area (Å²) < 4.78 is 0. The molecule has 6 heteroatoms. The third-order valence-electron chi connectivity index (χ3n) is 3.71. The molecule has 20 heavy (non-hydrogen) atoms. The first-order valence-electron chi connectivity index (χ1n) is 6.64. The monoisotopic (exact) mass is 277 g/mol. The third-order valence-corrected chi connectivity index (χ3v) is 3.71. The molecule has 2 heterocycles. The molecule has 0 bridgehead atoms. The number of hydrogen-bond acceptors (Lipinski definition) is 4. The lowest BCUT2D eigenvalue weighted by molar-refractivity contribution is 0.0615. The van der Waals surface area contributed by atoms with Gasteiger partial charge in [-0.2, -0.15) is 0 Å². The van der Waals surface area contributed by atoms with E-state index in [0.29, 0.717) is 0 Å². The Morgan fingerprint density at radius 1 is 1.50 bits per heavy atom. The van der Waals surface area contributed by atoms with Crippen LogP contribution < -0.4 is 0 Å². The average Bonchev–Trinajstić information content (AvgIpc) is 2.45. The zero-order valence-corrected chi connectivity index (χ0v) is 11.7. The number of amides is 1. The summed E-state index contributed by atoms with van der Waals surface area (Å²) in [6, 6.07) is 3.03.